The summed E-state index contributed by atoms with van der Waals surface area (Å²) in [5.41, 5.74) is 8.09. The van der Waals surface area contributed by atoms with Crippen molar-refractivity contribution in [1.82, 2.24) is 5.32 Å². The summed E-state index contributed by atoms with van der Waals surface area (Å²) in [7, 11) is 3.33. The summed E-state index contributed by atoms with van der Waals surface area (Å²) < 4.78 is 10.6. The summed E-state index contributed by atoms with van der Waals surface area (Å²) in [4.78, 5) is 0. The third-order valence-electron chi connectivity index (χ3n) is 2.96. The molecule has 1 heterocycles. The topological polar surface area (TPSA) is 56.5 Å². The largest absolute Gasteiger partial charge is 0.497 e. The molecule has 88 valence electrons. The monoisotopic (exact) mass is 222 g/mol. The minimum atomic E-state index is -0.357. The number of methoxy groups -OCH3 is 2. The number of hydrogen-bond donors (Lipinski definition) is 2. The van der Waals surface area contributed by atoms with Crippen LogP contribution >= 0.6 is 0 Å². The van der Waals surface area contributed by atoms with Crippen LogP contribution < -0.4 is 20.5 Å². The average Bonchev–Trinajstić information content (AvgIpc) is 2.25. The predicted octanol–water partition coefficient (Wildman–Crippen LogP) is 1.02. The molecule has 1 atom stereocenters. The first-order chi connectivity index (χ1) is 7.55. The number of nitrogens with two attached hydrogens (primary N) is 1. The zero-order chi connectivity index (χ0) is 11.8. The lowest BCUT2D eigenvalue weighted by Gasteiger charge is -2.33. The van der Waals surface area contributed by atoms with Crippen LogP contribution in [0.3, 0.4) is 0 Å². The maximum Gasteiger partial charge on any atom is 0.127 e. The molecule has 1 unspecified atom stereocenters. The van der Waals surface area contributed by atoms with E-state index in [1.807, 2.05) is 19.1 Å². The van der Waals surface area contributed by atoms with Crippen molar-refractivity contribution in [3.05, 3.63) is 23.3 Å². The Morgan fingerprint density at radius 1 is 1.31 bits per heavy atom. The Morgan fingerprint density at radius 3 is 2.69 bits per heavy atom. The zero-order valence-electron chi connectivity index (χ0n) is 9.96. The minimum Gasteiger partial charge on any atom is -0.497 e. The van der Waals surface area contributed by atoms with Crippen LogP contribution in [0.4, 0.5) is 0 Å². The summed E-state index contributed by atoms with van der Waals surface area (Å²) >= 11 is 0. The Hall–Kier alpha value is -1.26. The SMILES string of the molecule is COc1cc2c(c(OC)c1)CNC(C)(N)C2. The van der Waals surface area contributed by atoms with Crippen LogP contribution in [0.5, 0.6) is 11.5 Å². The fourth-order valence-electron chi connectivity index (χ4n) is 2.08. The first kappa shape index (κ1) is 11.2. The zero-order valence-corrected chi connectivity index (χ0v) is 9.96. The van der Waals surface area contributed by atoms with Gasteiger partial charge in [0, 0.05) is 24.6 Å². The van der Waals surface area contributed by atoms with E-state index in [9.17, 15) is 0 Å². The van der Waals surface area contributed by atoms with Crippen molar-refractivity contribution in [2.24, 2.45) is 5.73 Å². The molecule has 0 radical (unpaired) electrons. The van der Waals surface area contributed by atoms with Gasteiger partial charge in [-0.1, -0.05) is 0 Å². The van der Waals surface area contributed by atoms with Crippen LogP contribution in [0.25, 0.3) is 0 Å². The molecule has 4 nitrogen and oxygen atoms in total. The first-order valence-corrected chi connectivity index (χ1v) is 5.33. The van der Waals surface area contributed by atoms with Crippen LogP contribution in [-0.2, 0) is 13.0 Å². The summed E-state index contributed by atoms with van der Waals surface area (Å²) in [6.45, 7) is 2.72. The Labute approximate surface area is 95.7 Å². The van der Waals surface area contributed by atoms with E-state index in [2.05, 4.69) is 5.32 Å². The smallest absolute Gasteiger partial charge is 0.127 e. The van der Waals surface area contributed by atoms with Crippen LogP contribution in [0.15, 0.2) is 12.1 Å². The van der Waals surface area contributed by atoms with Crippen LogP contribution in [0, 0.1) is 0 Å². The van der Waals surface area contributed by atoms with Gasteiger partial charge in [0.1, 0.15) is 11.5 Å². The third-order valence-corrected chi connectivity index (χ3v) is 2.96. The van der Waals surface area contributed by atoms with Gasteiger partial charge in [0.15, 0.2) is 0 Å². The predicted molar refractivity (Wildman–Crippen MR) is 62.7 cm³/mol. The number of benzene rings is 1. The highest BCUT2D eigenvalue weighted by atomic mass is 16.5. The standard InChI is InChI=1S/C12H18N2O2/c1-12(13)6-8-4-9(15-2)5-11(16-3)10(8)7-14-12/h4-5,14H,6-7,13H2,1-3H3. The molecular formula is C12H18N2O2. The number of rotatable bonds is 2. The molecule has 16 heavy (non-hydrogen) atoms. The maximum absolute atomic E-state index is 6.08. The van der Waals surface area contributed by atoms with Gasteiger partial charge in [0.2, 0.25) is 0 Å². The normalized spacial score (nSPS) is 23.8. The molecule has 0 spiro atoms. The lowest BCUT2D eigenvalue weighted by atomic mass is 9.92. The molecule has 1 aliphatic rings. The molecular weight excluding hydrogens is 204 g/mol. The van der Waals surface area contributed by atoms with Crippen molar-refractivity contribution < 1.29 is 9.47 Å². The fourth-order valence-corrected chi connectivity index (χ4v) is 2.08. The van der Waals surface area contributed by atoms with Gasteiger partial charge >= 0.3 is 0 Å². The molecule has 1 aromatic rings. The van der Waals surface area contributed by atoms with E-state index < -0.39 is 0 Å². The van der Waals surface area contributed by atoms with Gasteiger partial charge in [0.05, 0.1) is 19.9 Å². The van der Waals surface area contributed by atoms with E-state index in [0.29, 0.717) is 0 Å². The molecule has 3 N–H and O–H groups in total. The Bertz CT molecular complexity index is 402. The molecule has 0 saturated carbocycles. The number of ether oxygens (including phenoxy) is 2. The van der Waals surface area contributed by atoms with Gasteiger partial charge in [-0.25, -0.2) is 0 Å². The van der Waals surface area contributed by atoms with Gasteiger partial charge in [-0.2, -0.15) is 0 Å². The summed E-state index contributed by atoms with van der Waals surface area (Å²) in [5, 5.41) is 3.28. The molecule has 0 aromatic heterocycles. The Kier molecular flexibility index (Phi) is 2.78. The molecule has 0 bridgehead atoms. The quantitative estimate of drug-likeness (QED) is 0.784. The van der Waals surface area contributed by atoms with Crippen molar-refractivity contribution in [3.63, 3.8) is 0 Å². The van der Waals surface area contributed by atoms with E-state index in [0.717, 1.165) is 24.5 Å². The summed E-state index contributed by atoms with van der Waals surface area (Å²) in [6.07, 6.45) is 0.774. The highest BCUT2D eigenvalue weighted by molar-refractivity contribution is 5.48. The van der Waals surface area contributed by atoms with Crippen LogP contribution in [0.2, 0.25) is 0 Å². The molecule has 4 heteroatoms. The van der Waals surface area contributed by atoms with Crippen molar-refractivity contribution in [3.8, 4) is 11.5 Å². The highest BCUT2D eigenvalue weighted by Crippen LogP contribution is 2.32. The molecule has 0 amide bonds. The Balaban J connectivity index is 2.46. The van der Waals surface area contributed by atoms with Crippen LogP contribution in [0.1, 0.15) is 18.1 Å². The molecule has 1 aliphatic heterocycles. The highest BCUT2D eigenvalue weighted by Gasteiger charge is 2.27. The van der Waals surface area contributed by atoms with Gasteiger partial charge in [-0.05, 0) is 18.6 Å². The number of fused-ring (bicyclic) bond motifs is 1. The minimum absolute atomic E-state index is 0.357. The van der Waals surface area contributed by atoms with Crippen molar-refractivity contribution in [2.45, 2.75) is 25.6 Å². The molecule has 0 saturated heterocycles. The van der Waals surface area contributed by atoms with Crippen molar-refractivity contribution >= 4 is 0 Å². The van der Waals surface area contributed by atoms with E-state index in [1.54, 1.807) is 14.2 Å². The van der Waals surface area contributed by atoms with Gasteiger partial charge < -0.3 is 15.2 Å². The average molecular weight is 222 g/mol. The van der Waals surface area contributed by atoms with Gasteiger partial charge in [-0.15, -0.1) is 0 Å². The first-order valence-electron chi connectivity index (χ1n) is 5.33. The second kappa shape index (κ2) is 3.96. The number of hydrogen-bond acceptors (Lipinski definition) is 4. The second-order valence-electron chi connectivity index (χ2n) is 4.42. The van der Waals surface area contributed by atoms with E-state index in [1.165, 1.54) is 11.1 Å². The summed E-state index contributed by atoms with van der Waals surface area (Å²) in [5.74, 6) is 1.67. The van der Waals surface area contributed by atoms with Crippen molar-refractivity contribution in [1.29, 1.82) is 0 Å². The lowest BCUT2D eigenvalue weighted by molar-refractivity contribution is 0.328. The van der Waals surface area contributed by atoms with E-state index >= 15 is 0 Å². The second-order valence-corrected chi connectivity index (χ2v) is 4.42. The van der Waals surface area contributed by atoms with Crippen molar-refractivity contribution in [2.75, 3.05) is 14.2 Å². The molecule has 2 rings (SSSR count). The molecule has 0 aliphatic carbocycles. The van der Waals surface area contributed by atoms with Crippen LogP contribution in [-0.4, -0.2) is 19.9 Å². The van der Waals surface area contributed by atoms with Gasteiger partial charge in [0.25, 0.3) is 0 Å². The van der Waals surface area contributed by atoms with E-state index in [4.69, 9.17) is 15.2 Å². The van der Waals surface area contributed by atoms with E-state index in [-0.39, 0.29) is 5.66 Å². The lowest BCUT2D eigenvalue weighted by Crippen LogP contribution is -2.54. The third kappa shape index (κ3) is 1.99. The summed E-state index contributed by atoms with van der Waals surface area (Å²) in [6, 6.07) is 3.93. The molecule has 0 fully saturated rings. The molecule has 1 aromatic carbocycles. The van der Waals surface area contributed by atoms with Gasteiger partial charge in [-0.3, -0.25) is 5.32 Å². The number of nitrogens with one attached hydrogen (secondary N) is 1. The fraction of sp³-hybridized carbons (Fsp3) is 0.500. The maximum atomic E-state index is 6.08. The Morgan fingerprint density at radius 2 is 2.06 bits per heavy atom.